The molecule has 0 saturated carbocycles. The van der Waals surface area contributed by atoms with Gasteiger partial charge in [0.1, 0.15) is 5.75 Å². The second-order valence-electron chi connectivity index (χ2n) is 5.61. The maximum atomic E-state index is 12.4. The van der Waals surface area contributed by atoms with Gasteiger partial charge in [-0.1, -0.05) is 11.8 Å². The number of phenols is 1. The number of aromatic nitrogens is 4. The lowest BCUT2D eigenvalue weighted by atomic mass is 10.0. The Morgan fingerprint density at radius 1 is 1.35 bits per heavy atom. The molecule has 1 aliphatic rings. The van der Waals surface area contributed by atoms with Crippen molar-refractivity contribution in [1.82, 2.24) is 25.1 Å². The molecule has 8 heteroatoms. The maximum absolute atomic E-state index is 12.4. The van der Waals surface area contributed by atoms with E-state index in [0.717, 1.165) is 25.1 Å². The number of nitrogens with zero attached hydrogens (tertiary/aromatic N) is 5. The normalized spacial score (nSPS) is 18.1. The first-order valence-electron chi connectivity index (χ1n) is 7.65. The van der Waals surface area contributed by atoms with E-state index in [1.165, 1.54) is 18.2 Å². The number of thioether (sulfide) groups is 1. The molecule has 2 heterocycles. The molecule has 1 unspecified atom stereocenters. The van der Waals surface area contributed by atoms with Gasteiger partial charge in [0.15, 0.2) is 0 Å². The predicted molar refractivity (Wildman–Crippen MR) is 86.6 cm³/mol. The molecule has 0 spiro atoms. The minimum Gasteiger partial charge on any atom is -0.508 e. The number of likely N-dealkylation sites (tertiary alicyclic amines) is 1. The Labute approximate surface area is 138 Å². The van der Waals surface area contributed by atoms with E-state index in [2.05, 4.69) is 22.4 Å². The molecule has 3 rings (SSSR count). The molecule has 1 aromatic carbocycles. The molecule has 1 aliphatic heterocycles. The molecule has 1 N–H and O–H groups in total. The molecular weight excluding hydrogens is 314 g/mol. The number of rotatable bonds is 4. The smallest absolute Gasteiger partial charge is 0.233 e. The highest BCUT2D eigenvalue weighted by molar-refractivity contribution is 7.99. The molecule has 0 aliphatic carbocycles. The lowest BCUT2D eigenvalue weighted by Gasteiger charge is -2.33. The van der Waals surface area contributed by atoms with Gasteiger partial charge in [-0.3, -0.25) is 4.79 Å². The van der Waals surface area contributed by atoms with Gasteiger partial charge in [0.05, 0.1) is 11.4 Å². The number of tetrazole rings is 1. The number of aromatic hydroxyl groups is 1. The van der Waals surface area contributed by atoms with Crippen molar-refractivity contribution in [3.05, 3.63) is 24.3 Å². The minimum absolute atomic E-state index is 0.127. The van der Waals surface area contributed by atoms with Crippen molar-refractivity contribution in [2.75, 3.05) is 12.3 Å². The number of piperidine rings is 1. The number of benzene rings is 1. The molecule has 23 heavy (non-hydrogen) atoms. The van der Waals surface area contributed by atoms with Crippen LogP contribution < -0.4 is 0 Å². The average Bonchev–Trinajstić information content (AvgIpc) is 3.02. The fraction of sp³-hybridized carbons (Fsp3) is 0.467. The molecule has 7 nitrogen and oxygen atoms in total. The van der Waals surface area contributed by atoms with Crippen LogP contribution in [0.25, 0.3) is 5.69 Å². The second kappa shape index (κ2) is 6.99. The third-order valence-electron chi connectivity index (χ3n) is 3.98. The van der Waals surface area contributed by atoms with Crippen LogP contribution in [0.15, 0.2) is 29.4 Å². The highest BCUT2D eigenvalue weighted by atomic mass is 32.2. The summed E-state index contributed by atoms with van der Waals surface area (Å²) in [6.07, 6.45) is 3.34. The topological polar surface area (TPSA) is 84.1 Å². The molecule has 0 bridgehead atoms. The van der Waals surface area contributed by atoms with Gasteiger partial charge < -0.3 is 10.0 Å². The van der Waals surface area contributed by atoms with Crippen molar-refractivity contribution in [3.8, 4) is 11.4 Å². The van der Waals surface area contributed by atoms with Crippen LogP contribution in [0.1, 0.15) is 26.2 Å². The summed E-state index contributed by atoms with van der Waals surface area (Å²) in [5.74, 6) is 0.635. The second-order valence-corrected chi connectivity index (χ2v) is 6.55. The Morgan fingerprint density at radius 3 is 2.87 bits per heavy atom. The standard InChI is InChI=1S/C15H19N5O2S/c1-11-4-2-3-9-19(11)14(22)10-23-15-16-17-18-20(15)12-5-7-13(21)8-6-12/h5-8,11,21H,2-4,9-10H2,1H3. The Hall–Kier alpha value is -2.09. The number of hydrogen-bond donors (Lipinski definition) is 1. The summed E-state index contributed by atoms with van der Waals surface area (Å²) in [6, 6.07) is 6.91. The SMILES string of the molecule is CC1CCCCN1C(=O)CSc1nnnn1-c1ccc(O)cc1. The Morgan fingerprint density at radius 2 is 2.13 bits per heavy atom. The zero-order valence-electron chi connectivity index (χ0n) is 12.9. The summed E-state index contributed by atoms with van der Waals surface area (Å²) in [6.45, 7) is 2.94. The van der Waals surface area contributed by atoms with Crippen molar-refractivity contribution in [2.45, 2.75) is 37.4 Å². The van der Waals surface area contributed by atoms with Crippen molar-refractivity contribution in [1.29, 1.82) is 0 Å². The third-order valence-corrected chi connectivity index (χ3v) is 4.89. The van der Waals surface area contributed by atoms with Gasteiger partial charge in [-0.25, -0.2) is 0 Å². The fourth-order valence-electron chi connectivity index (χ4n) is 2.70. The van der Waals surface area contributed by atoms with E-state index in [0.29, 0.717) is 17.0 Å². The Bertz CT molecular complexity index is 673. The quantitative estimate of drug-likeness (QED) is 0.860. The van der Waals surface area contributed by atoms with Gasteiger partial charge >= 0.3 is 0 Å². The van der Waals surface area contributed by atoms with Crippen LogP contribution in [0.2, 0.25) is 0 Å². The van der Waals surface area contributed by atoms with E-state index in [9.17, 15) is 9.90 Å². The Kier molecular flexibility index (Phi) is 4.80. The first kappa shape index (κ1) is 15.8. The molecular formula is C15H19N5O2S. The van der Waals surface area contributed by atoms with Gasteiger partial charge in [0.25, 0.3) is 0 Å². The van der Waals surface area contributed by atoms with Crippen molar-refractivity contribution in [2.24, 2.45) is 0 Å². The van der Waals surface area contributed by atoms with E-state index < -0.39 is 0 Å². The van der Waals surface area contributed by atoms with Crippen molar-refractivity contribution < 1.29 is 9.90 Å². The minimum atomic E-state index is 0.127. The number of carbonyl (C=O) groups excluding carboxylic acids is 1. The van der Waals surface area contributed by atoms with Crippen LogP contribution in [0.5, 0.6) is 5.75 Å². The zero-order chi connectivity index (χ0) is 16.2. The summed E-state index contributed by atoms with van der Waals surface area (Å²) in [5.41, 5.74) is 0.745. The van der Waals surface area contributed by atoms with E-state index in [4.69, 9.17) is 0 Å². The van der Waals surface area contributed by atoms with Crippen LogP contribution >= 0.6 is 11.8 Å². The van der Waals surface area contributed by atoms with Crippen LogP contribution in [-0.4, -0.2) is 54.5 Å². The first-order valence-corrected chi connectivity index (χ1v) is 8.64. The summed E-state index contributed by atoms with van der Waals surface area (Å²) in [5, 5.41) is 21.5. The number of phenolic OH excluding ortho intramolecular Hbond substituents is 1. The van der Waals surface area contributed by atoms with Crippen LogP contribution in [0.3, 0.4) is 0 Å². The summed E-state index contributed by atoms with van der Waals surface area (Å²) < 4.78 is 1.57. The molecule has 0 radical (unpaired) electrons. The molecule has 122 valence electrons. The average molecular weight is 333 g/mol. The van der Waals surface area contributed by atoms with Gasteiger partial charge in [0, 0.05) is 12.6 Å². The van der Waals surface area contributed by atoms with E-state index in [-0.39, 0.29) is 11.7 Å². The van der Waals surface area contributed by atoms with Crippen LogP contribution in [-0.2, 0) is 4.79 Å². The molecule has 1 fully saturated rings. The van der Waals surface area contributed by atoms with Gasteiger partial charge in [0.2, 0.25) is 11.1 Å². The predicted octanol–water partition coefficient (Wildman–Crippen LogP) is 1.86. The summed E-state index contributed by atoms with van der Waals surface area (Å²) >= 11 is 1.33. The zero-order valence-corrected chi connectivity index (χ0v) is 13.7. The monoisotopic (exact) mass is 333 g/mol. The van der Waals surface area contributed by atoms with Gasteiger partial charge in [-0.2, -0.15) is 4.68 Å². The van der Waals surface area contributed by atoms with E-state index in [1.54, 1.807) is 28.9 Å². The summed E-state index contributed by atoms with van der Waals surface area (Å²) in [7, 11) is 0. The van der Waals surface area contributed by atoms with Crippen molar-refractivity contribution in [3.63, 3.8) is 0 Å². The van der Waals surface area contributed by atoms with Gasteiger partial charge in [-0.15, -0.1) is 5.10 Å². The molecule has 1 amide bonds. The third kappa shape index (κ3) is 3.64. The molecule has 1 atom stereocenters. The molecule has 2 aromatic rings. The van der Waals surface area contributed by atoms with Crippen molar-refractivity contribution >= 4 is 17.7 Å². The number of amides is 1. The Balaban J connectivity index is 1.66. The van der Waals surface area contributed by atoms with Gasteiger partial charge in [-0.05, 0) is 60.9 Å². The first-order chi connectivity index (χ1) is 11.1. The van der Waals surface area contributed by atoms with Crippen LogP contribution in [0, 0.1) is 0 Å². The lowest BCUT2D eigenvalue weighted by Crippen LogP contribution is -2.42. The highest BCUT2D eigenvalue weighted by Crippen LogP contribution is 2.22. The van der Waals surface area contributed by atoms with Crippen LogP contribution in [0.4, 0.5) is 0 Å². The van der Waals surface area contributed by atoms with E-state index >= 15 is 0 Å². The lowest BCUT2D eigenvalue weighted by molar-refractivity contribution is -0.131. The highest BCUT2D eigenvalue weighted by Gasteiger charge is 2.23. The number of carbonyl (C=O) groups is 1. The molecule has 1 saturated heterocycles. The summed E-state index contributed by atoms with van der Waals surface area (Å²) in [4.78, 5) is 14.3. The maximum Gasteiger partial charge on any atom is 0.233 e. The number of hydrogen-bond acceptors (Lipinski definition) is 6. The fourth-order valence-corrected chi connectivity index (χ4v) is 3.48. The largest absolute Gasteiger partial charge is 0.508 e. The van der Waals surface area contributed by atoms with E-state index in [1.807, 2.05) is 4.90 Å². The molecule has 1 aromatic heterocycles.